The lowest BCUT2D eigenvalue weighted by molar-refractivity contribution is 0.415. The van der Waals surface area contributed by atoms with Crippen LogP contribution >= 0.6 is 11.3 Å². The van der Waals surface area contributed by atoms with E-state index in [0.717, 1.165) is 32.6 Å². The molecule has 0 atom stereocenters. The molecule has 6 nitrogen and oxygen atoms in total. The molecule has 22 heavy (non-hydrogen) atoms. The summed E-state index contributed by atoms with van der Waals surface area (Å²) in [6.45, 7) is 0. The quantitative estimate of drug-likeness (QED) is 0.445. The Bertz CT molecular complexity index is 974. The van der Waals surface area contributed by atoms with E-state index in [2.05, 4.69) is 15.4 Å². The Kier molecular flexibility index (Phi) is 2.95. The molecule has 4 aromatic rings. The number of nitrogens with one attached hydrogen (secondary N) is 1. The fourth-order valence-electron chi connectivity index (χ4n) is 2.28. The summed E-state index contributed by atoms with van der Waals surface area (Å²) in [5.41, 5.74) is 5.84. The number of hydrogen-bond acceptors (Lipinski definition) is 7. The predicted octanol–water partition coefficient (Wildman–Crippen LogP) is 3.40. The highest BCUT2D eigenvalue weighted by Crippen LogP contribution is 2.31. The monoisotopic (exact) mass is 312 g/mol. The lowest BCUT2D eigenvalue weighted by Gasteiger charge is -1.95. The average molecular weight is 312 g/mol. The maximum absolute atomic E-state index is 5.81. The zero-order chi connectivity index (χ0) is 15.1. The summed E-state index contributed by atoms with van der Waals surface area (Å²) in [6.07, 6.45) is 0. The van der Waals surface area contributed by atoms with Crippen LogP contribution in [0.3, 0.4) is 0 Å². The molecule has 7 heteroatoms. The smallest absolute Gasteiger partial charge is 0.227 e. The number of nitrogen functional groups attached to an aromatic ring is 1. The molecule has 0 aliphatic rings. The minimum Gasteiger partial charge on any atom is -0.497 e. The third-order valence-corrected chi connectivity index (χ3v) is 4.30. The van der Waals surface area contributed by atoms with E-state index in [9.17, 15) is 0 Å². The molecule has 0 saturated carbocycles. The molecule has 2 heterocycles. The summed E-state index contributed by atoms with van der Waals surface area (Å²) < 4.78 is 12.0. The van der Waals surface area contributed by atoms with Gasteiger partial charge in [-0.05, 0) is 30.3 Å². The second-order valence-corrected chi connectivity index (χ2v) is 5.73. The number of ether oxygens (including phenoxy) is 1. The average Bonchev–Trinajstić information content (AvgIpc) is 3.16. The molecule has 0 radical (unpaired) electrons. The van der Waals surface area contributed by atoms with Crippen LogP contribution in [0.1, 0.15) is 0 Å². The first-order valence-corrected chi connectivity index (χ1v) is 7.40. The number of hydrazine groups is 1. The Morgan fingerprint density at radius 2 is 2.05 bits per heavy atom. The van der Waals surface area contributed by atoms with E-state index in [1.54, 1.807) is 7.11 Å². The third kappa shape index (κ3) is 2.07. The van der Waals surface area contributed by atoms with Crippen molar-refractivity contribution in [1.29, 1.82) is 0 Å². The summed E-state index contributed by atoms with van der Waals surface area (Å²) in [6, 6.07) is 11.4. The van der Waals surface area contributed by atoms with E-state index in [-0.39, 0.29) is 0 Å². The van der Waals surface area contributed by atoms with Crippen molar-refractivity contribution in [3.8, 4) is 17.2 Å². The Labute approximate surface area is 129 Å². The minimum atomic E-state index is 0.570. The molecule has 2 aromatic heterocycles. The van der Waals surface area contributed by atoms with Gasteiger partial charge in [-0.2, -0.15) is 0 Å². The van der Waals surface area contributed by atoms with Gasteiger partial charge in [0.1, 0.15) is 11.3 Å². The summed E-state index contributed by atoms with van der Waals surface area (Å²) >= 11 is 1.48. The van der Waals surface area contributed by atoms with Gasteiger partial charge >= 0.3 is 0 Å². The standard InChI is InChI=1S/C15H12N4O2S/c1-20-9-3-5-12-11(7-9)17-14(21-12)8-2-4-10-13(6-8)22-15(18-10)19-16/h2-7H,16H2,1H3,(H,18,19). The van der Waals surface area contributed by atoms with E-state index in [0.29, 0.717) is 11.0 Å². The van der Waals surface area contributed by atoms with Crippen LogP contribution in [0.15, 0.2) is 40.8 Å². The van der Waals surface area contributed by atoms with Crippen LogP contribution in [0, 0.1) is 0 Å². The van der Waals surface area contributed by atoms with Crippen LogP contribution in [-0.2, 0) is 0 Å². The van der Waals surface area contributed by atoms with Gasteiger partial charge in [-0.25, -0.2) is 15.8 Å². The zero-order valence-corrected chi connectivity index (χ0v) is 12.5. The van der Waals surface area contributed by atoms with Crippen LogP contribution in [0.25, 0.3) is 32.8 Å². The zero-order valence-electron chi connectivity index (χ0n) is 11.7. The van der Waals surface area contributed by atoms with Gasteiger partial charge in [0.05, 0.1) is 17.3 Å². The number of rotatable bonds is 3. The Morgan fingerprint density at radius 1 is 1.14 bits per heavy atom. The highest BCUT2D eigenvalue weighted by molar-refractivity contribution is 7.22. The number of nitrogens with zero attached hydrogens (tertiary/aromatic N) is 2. The first kappa shape index (κ1) is 13.1. The number of anilines is 1. The van der Waals surface area contributed by atoms with Crippen molar-refractivity contribution in [3.63, 3.8) is 0 Å². The van der Waals surface area contributed by atoms with E-state index in [4.69, 9.17) is 15.0 Å². The highest BCUT2D eigenvalue weighted by Gasteiger charge is 2.11. The maximum atomic E-state index is 5.81. The first-order chi connectivity index (χ1) is 10.8. The summed E-state index contributed by atoms with van der Waals surface area (Å²) in [7, 11) is 1.63. The van der Waals surface area contributed by atoms with Crippen molar-refractivity contribution in [1.82, 2.24) is 9.97 Å². The number of hydrogen-bond donors (Lipinski definition) is 2. The highest BCUT2D eigenvalue weighted by atomic mass is 32.1. The van der Waals surface area contributed by atoms with Crippen LogP contribution in [0.2, 0.25) is 0 Å². The van der Waals surface area contributed by atoms with Crippen molar-refractivity contribution in [2.45, 2.75) is 0 Å². The molecule has 0 aliphatic carbocycles. The van der Waals surface area contributed by atoms with Gasteiger partial charge in [0.15, 0.2) is 10.7 Å². The molecule has 0 aliphatic heterocycles. The molecule has 2 aromatic carbocycles. The Morgan fingerprint density at radius 3 is 2.86 bits per heavy atom. The van der Waals surface area contributed by atoms with E-state index < -0.39 is 0 Å². The first-order valence-electron chi connectivity index (χ1n) is 6.59. The predicted molar refractivity (Wildman–Crippen MR) is 87.0 cm³/mol. The number of benzene rings is 2. The van der Waals surface area contributed by atoms with Crippen molar-refractivity contribution < 1.29 is 9.15 Å². The second kappa shape index (κ2) is 4.97. The minimum absolute atomic E-state index is 0.570. The molecular weight excluding hydrogens is 300 g/mol. The lowest BCUT2D eigenvalue weighted by atomic mass is 10.2. The van der Waals surface area contributed by atoms with Gasteiger partial charge in [0.2, 0.25) is 5.89 Å². The van der Waals surface area contributed by atoms with E-state index in [1.807, 2.05) is 36.4 Å². The van der Waals surface area contributed by atoms with E-state index >= 15 is 0 Å². The third-order valence-electron chi connectivity index (χ3n) is 3.35. The Balaban J connectivity index is 1.83. The molecule has 0 amide bonds. The molecule has 110 valence electrons. The molecule has 0 saturated heterocycles. The SMILES string of the molecule is COc1ccc2oc(-c3ccc4nc(NN)sc4c3)nc2c1. The fourth-order valence-corrected chi connectivity index (χ4v) is 3.09. The number of nitrogens with two attached hydrogens (primary N) is 1. The topological polar surface area (TPSA) is 86.2 Å². The van der Waals surface area contributed by atoms with Crippen molar-refractivity contribution in [2.75, 3.05) is 12.5 Å². The molecule has 4 rings (SSSR count). The normalized spacial score (nSPS) is 11.2. The molecule has 3 N–H and O–H groups in total. The van der Waals surface area contributed by atoms with Gasteiger partial charge in [-0.15, -0.1) is 0 Å². The largest absolute Gasteiger partial charge is 0.497 e. The van der Waals surface area contributed by atoms with Gasteiger partial charge < -0.3 is 9.15 Å². The van der Waals surface area contributed by atoms with Gasteiger partial charge in [-0.1, -0.05) is 11.3 Å². The number of fused-ring (bicyclic) bond motifs is 2. The van der Waals surface area contributed by atoms with Gasteiger partial charge in [0.25, 0.3) is 0 Å². The number of oxazole rings is 1. The molecule has 0 bridgehead atoms. The Hall–Kier alpha value is -2.64. The molecule has 0 unspecified atom stereocenters. The van der Waals surface area contributed by atoms with Crippen molar-refractivity contribution >= 4 is 37.8 Å². The van der Waals surface area contributed by atoms with Gasteiger partial charge in [-0.3, -0.25) is 5.43 Å². The maximum Gasteiger partial charge on any atom is 0.227 e. The number of methoxy groups -OCH3 is 1. The van der Waals surface area contributed by atoms with Crippen molar-refractivity contribution in [3.05, 3.63) is 36.4 Å². The summed E-state index contributed by atoms with van der Waals surface area (Å²) in [5, 5.41) is 0.675. The summed E-state index contributed by atoms with van der Waals surface area (Å²) in [4.78, 5) is 8.87. The van der Waals surface area contributed by atoms with Crippen LogP contribution in [-0.4, -0.2) is 17.1 Å². The van der Waals surface area contributed by atoms with Crippen LogP contribution in [0.4, 0.5) is 5.13 Å². The molecule has 0 fully saturated rings. The number of aromatic nitrogens is 2. The summed E-state index contributed by atoms with van der Waals surface area (Å²) in [5.74, 6) is 6.72. The van der Waals surface area contributed by atoms with Crippen LogP contribution < -0.4 is 16.0 Å². The van der Waals surface area contributed by atoms with Gasteiger partial charge in [0, 0.05) is 11.6 Å². The van der Waals surface area contributed by atoms with Crippen molar-refractivity contribution in [2.24, 2.45) is 5.84 Å². The molecular formula is C15H12N4O2S. The van der Waals surface area contributed by atoms with Crippen LogP contribution in [0.5, 0.6) is 5.75 Å². The second-order valence-electron chi connectivity index (χ2n) is 4.70. The number of thiazole rings is 1. The lowest BCUT2D eigenvalue weighted by Crippen LogP contribution is -2.05. The van der Waals surface area contributed by atoms with E-state index in [1.165, 1.54) is 11.3 Å². The molecule has 0 spiro atoms. The fraction of sp³-hybridized carbons (Fsp3) is 0.0667.